The lowest BCUT2D eigenvalue weighted by Crippen LogP contribution is -2.42. The first-order chi connectivity index (χ1) is 8.72. The maximum Gasteiger partial charge on any atom is 0.303 e. The number of aliphatic carboxylic acids is 1. The molecule has 0 radical (unpaired) electrons. The van der Waals surface area contributed by atoms with Crippen molar-refractivity contribution in [2.24, 2.45) is 5.92 Å². The van der Waals surface area contributed by atoms with Crippen LogP contribution in [0.3, 0.4) is 0 Å². The fraction of sp³-hybridized carbons (Fsp3) is 0.643. The van der Waals surface area contributed by atoms with Crippen LogP contribution in [0.5, 0.6) is 0 Å². The highest BCUT2D eigenvalue weighted by Crippen LogP contribution is 2.40. The zero-order valence-corrected chi connectivity index (χ0v) is 10.4. The molecule has 1 aromatic rings. The van der Waals surface area contributed by atoms with Gasteiger partial charge in [-0.3, -0.25) is 9.69 Å². The van der Waals surface area contributed by atoms with Crippen molar-refractivity contribution in [2.75, 3.05) is 0 Å². The van der Waals surface area contributed by atoms with Crippen molar-refractivity contribution in [1.29, 1.82) is 0 Å². The van der Waals surface area contributed by atoms with E-state index in [1.165, 1.54) is 12.8 Å². The fourth-order valence-corrected chi connectivity index (χ4v) is 3.64. The van der Waals surface area contributed by atoms with E-state index in [2.05, 4.69) is 4.90 Å². The van der Waals surface area contributed by atoms with Gasteiger partial charge in [-0.05, 0) is 43.7 Å². The topological polar surface area (TPSA) is 53.7 Å². The van der Waals surface area contributed by atoms with E-state index >= 15 is 0 Å². The SMILES string of the molecule is O=C(O)CC1CC2CCC(C1)N2Cc1ccco1. The third kappa shape index (κ3) is 2.29. The Kier molecular flexibility index (Phi) is 3.12. The highest BCUT2D eigenvalue weighted by atomic mass is 16.4. The Hall–Kier alpha value is -1.29. The number of carbonyl (C=O) groups is 1. The van der Waals surface area contributed by atoms with Gasteiger partial charge < -0.3 is 9.52 Å². The molecular formula is C14H19NO3. The van der Waals surface area contributed by atoms with Gasteiger partial charge in [0.15, 0.2) is 0 Å². The molecule has 2 aliphatic rings. The molecule has 1 N–H and O–H groups in total. The Labute approximate surface area is 107 Å². The standard InChI is InChI=1S/C14H19NO3/c16-14(17)8-10-6-11-3-4-12(7-10)15(11)9-13-2-1-5-18-13/h1-2,5,10-12H,3-4,6-9H2,(H,16,17). The summed E-state index contributed by atoms with van der Waals surface area (Å²) in [6, 6.07) is 5.05. The minimum absolute atomic E-state index is 0.335. The Morgan fingerprint density at radius 3 is 2.67 bits per heavy atom. The van der Waals surface area contributed by atoms with Gasteiger partial charge in [0, 0.05) is 18.5 Å². The number of hydrogen-bond acceptors (Lipinski definition) is 3. The molecule has 98 valence electrons. The van der Waals surface area contributed by atoms with Crippen LogP contribution in [0.2, 0.25) is 0 Å². The summed E-state index contributed by atoms with van der Waals surface area (Å²) in [5.41, 5.74) is 0. The molecule has 1 aromatic heterocycles. The van der Waals surface area contributed by atoms with Crippen LogP contribution >= 0.6 is 0 Å². The largest absolute Gasteiger partial charge is 0.481 e. The van der Waals surface area contributed by atoms with Gasteiger partial charge in [0.25, 0.3) is 0 Å². The second kappa shape index (κ2) is 4.76. The Morgan fingerprint density at radius 1 is 1.39 bits per heavy atom. The molecule has 3 heterocycles. The van der Waals surface area contributed by atoms with Crippen molar-refractivity contribution < 1.29 is 14.3 Å². The zero-order valence-electron chi connectivity index (χ0n) is 10.4. The molecule has 0 aromatic carbocycles. The van der Waals surface area contributed by atoms with E-state index in [4.69, 9.17) is 9.52 Å². The summed E-state index contributed by atoms with van der Waals surface area (Å²) in [6.45, 7) is 0.877. The van der Waals surface area contributed by atoms with Gasteiger partial charge in [0.2, 0.25) is 0 Å². The highest BCUT2D eigenvalue weighted by Gasteiger charge is 2.41. The smallest absolute Gasteiger partial charge is 0.303 e. The molecular weight excluding hydrogens is 230 g/mol. The van der Waals surface area contributed by atoms with Gasteiger partial charge in [0.1, 0.15) is 5.76 Å². The minimum Gasteiger partial charge on any atom is -0.481 e. The van der Waals surface area contributed by atoms with Crippen LogP contribution < -0.4 is 0 Å². The normalized spacial score (nSPS) is 31.7. The predicted molar refractivity (Wildman–Crippen MR) is 66.0 cm³/mol. The van der Waals surface area contributed by atoms with Crippen LogP contribution in [-0.4, -0.2) is 28.1 Å². The van der Waals surface area contributed by atoms with Crippen molar-refractivity contribution in [2.45, 2.75) is 50.7 Å². The van der Waals surface area contributed by atoms with E-state index in [-0.39, 0.29) is 0 Å². The van der Waals surface area contributed by atoms with Crippen LogP contribution in [-0.2, 0) is 11.3 Å². The first kappa shape index (κ1) is 11.8. The number of fused-ring (bicyclic) bond motifs is 2. The molecule has 2 saturated heterocycles. The zero-order chi connectivity index (χ0) is 12.5. The molecule has 4 heteroatoms. The molecule has 0 amide bonds. The van der Waals surface area contributed by atoms with Crippen molar-refractivity contribution in [3.63, 3.8) is 0 Å². The number of hydrogen-bond donors (Lipinski definition) is 1. The van der Waals surface area contributed by atoms with E-state index in [1.54, 1.807) is 6.26 Å². The summed E-state index contributed by atoms with van der Waals surface area (Å²) in [6.07, 6.45) is 6.53. The third-order valence-electron chi connectivity index (χ3n) is 4.36. The summed E-state index contributed by atoms with van der Waals surface area (Å²) < 4.78 is 5.42. The molecule has 2 unspecified atom stereocenters. The average molecular weight is 249 g/mol. The Bertz CT molecular complexity index is 401. The van der Waals surface area contributed by atoms with Gasteiger partial charge in [-0.15, -0.1) is 0 Å². The first-order valence-corrected chi connectivity index (χ1v) is 6.72. The first-order valence-electron chi connectivity index (χ1n) is 6.72. The van der Waals surface area contributed by atoms with E-state index in [0.717, 1.165) is 25.1 Å². The molecule has 2 aliphatic heterocycles. The van der Waals surface area contributed by atoms with Crippen LogP contribution in [0, 0.1) is 5.92 Å². The fourth-order valence-electron chi connectivity index (χ4n) is 3.64. The van der Waals surface area contributed by atoms with Crippen LogP contribution in [0.15, 0.2) is 22.8 Å². The summed E-state index contributed by atoms with van der Waals surface area (Å²) >= 11 is 0. The molecule has 2 bridgehead atoms. The summed E-state index contributed by atoms with van der Waals surface area (Å²) in [5.74, 6) is 0.732. The lowest BCUT2D eigenvalue weighted by atomic mass is 9.88. The number of carboxylic acid groups (broad SMARTS) is 1. The van der Waals surface area contributed by atoms with Gasteiger partial charge in [-0.25, -0.2) is 0 Å². The third-order valence-corrected chi connectivity index (χ3v) is 4.36. The molecule has 2 atom stereocenters. The van der Waals surface area contributed by atoms with E-state index < -0.39 is 5.97 Å². The second-order valence-electron chi connectivity index (χ2n) is 5.57. The summed E-state index contributed by atoms with van der Waals surface area (Å²) in [7, 11) is 0. The number of piperidine rings is 1. The van der Waals surface area contributed by atoms with Crippen LogP contribution in [0.25, 0.3) is 0 Å². The van der Waals surface area contributed by atoms with Crippen molar-refractivity contribution >= 4 is 5.97 Å². The van der Waals surface area contributed by atoms with Gasteiger partial charge >= 0.3 is 5.97 Å². The summed E-state index contributed by atoms with van der Waals surface area (Å²) in [4.78, 5) is 13.3. The maximum atomic E-state index is 10.8. The van der Waals surface area contributed by atoms with Crippen molar-refractivity contribution in [1.82, 2.24) is 4.90 Å². The van der Waals surface area contributed by atoms with Crippen LogP contribution in [0.4, 0.5) is 0 Å². The maximum absolute atomic E-state index is 10.8. The van der Waals surface area contributed by atoms with E-state index in [1.807, 2.05) is 12.1 Å². The lowest BCUT2D eigenvalue weighted by Gasteiger charge is -2.38. The van der Waals surface area contributed by atoms with Gasteiger partial charge in [0.05, 0.1) is 12.8 Å². The van der Waals surface area contributed by atoms with Crippen molar-refractivity contribution in [3.05, 3.63) is 24.2 Å². The Morgan fingerprint density at radius 2 is 2.11 bits per heavy atom. The number of carboxylic acids is 1. The minimum atomic E-state index is -0.654. The predicted octanol–water partition coefficient (Wildman–Crippen LogP) is 2.50. The molecule has 0 saturated carbocycles. The molecule has 0 spiro atoms. The van der Waals surface area contributed by atoms with Gasteiger partial charge in [-0.2, -0.15) is 0 Å². The molecule has 4 nitrogen and oxygen atoms in total. The quantitative estimate of drug-likeness (QED) is 0.890. The average Bonchev–Trinajstić information content (AvgIpc) is 2.88. The number of rotatable bonds is 4. The lowest BCUT2D eigenvalue weighted by molar-refractivity contribution is -0.138. The monoisotopic (exact) mass is 249 g/mol. The van der Waals surface area contributed by atoms with Gasteiger partial charge in [-0.1, -0.05) is 0 Å². The summed E-state index contributed by atoms with van der Waals surface area (Å²) in [5, 5.41) is 8.90. The molecule has 0 aliphatic carbocycles. The van der Waals surface area contributed by atoms with Crippen LogP contribution in [0.1, 0.15) is 37.9 Å². The molecule has 3 rings (SSSR count). The van der Waals surface area contributed by atoms with E-state index in [9.17, 15) is 4.79 Å². The van der Waals surface area contributed by atoms with E-state index in [0.29, 0.717) is 24.4 Å². The van der Waals surface area contributed by atoms with Crippen molar-refractivity contribution in [3.8, 4) is 0 Å². The highest BCUT2D eigenvalue weighted by molar-refractivity contribution is 5.67. The number of furan rings is 1. The molecule has 2 fully saturated rings. The Balaban J connectivity index is 1.64. The number of nitrogens with zero attached hydrogens (tertiary/aromatic N) is 1. The molecule has 18 heavy (non-hydrogen) atoms. The second-order valence-corrected chi connectivity index (χ2v) is 5.57.